The molecule has 1 saturated carbocycles. The lowest BCUT2D eigenvalue weighted by atomic mass is 10.1. The van der Waals surface area contributed by atoms with Gasteiger partial charge < -0.3 is 4.90 Å². The Bertz CT molecular complexity index is 520. The van der Waals surface area contributed by atoms with Gasteiger partial charge in [-0.25, -0.2) is 8.78 Å². The van der Waals surface area contributed by atoms with Crippen LogP contribution in [-0.2, 0) is 4.79 Å². The van der Waals surface area contributed by atoms with Crippen LogP contribution in [0.15, 0.2) is 18.2 Å². The Morgan fingerprint density at radius 3 is 2.79 bits per heavy atom. The summed E-state index contributed by atoms with van der Waals surface area (Å²) in [5, 5.41) is 2.99. The summed E-state index contributed by atoms with van der Waals surface area (Å²) in [7, 11) is 0. The first-order valence-corrected chi connectivity index (χ1v) is 6.54. The summed E-state index contributed by atoms with van der Waals surface area (Å²) in [6.07, 6.45) is 0.642. The molecule has 1 saturated heterocycles. The maximum atomic E-state index is 13.8. The van der Waals surface area contributed by atoms with Gasteiger partial charge in [0.25, 0.3) is 0 Å². The van der Waals surface area contributed by atoms with Crippen LogP contribution in [0.2, 0.25) is 0 Å². The van der Waals surface area contributed by atoms with Gasteiger partial charge in [0.15, 0.2) is 0 Å². The lowest BCUT2D eigenvalue weighted by Gasteiger charge is -2.25. The fourth-order valence-electron chi connectivity index (χ4n) is 2.65. The van der Waals surface area contributed by atoms with E-state index >= 15 is 0 Å². The Morgan fingerprint density at radius 1 is 1.42 bits per heavy atom. The molecule has 5 heteroatoms. The van der Waals surface area contributed by atoms with Crippen molar-refractivity contribution in [2.75, 3.05) is 13.1 Å². The Hall–Kier alpha value is -1.49. The number of rotatable bonds is 3. The largest absolute Gasteiger partial charge is 0.321 e. The van der Waals surface area contributed by atoms with Gasteiger partial charge in [0, 0.05) is 18.2 Å². The number of hydrogen-bond acceptors (Lipinski definition) is 2. The van der Waals surface area contributed by atoms with Crippen LogP contribution in [0.3, 0.4) is 0 Å². The molecule has 3 rings (SSSR count). The highest BCUT2D eigenvalue weighted by atomic mass is 19.1. The van der Waals surface area contributed by atoms with Gasteiger partial charge in [-0.1, -0.05) is 6.92 Å². The van der Waals surface area contributed by atoms with Crippen molar-refractivity contribution in [2.24, 2.45) is 11.8 Å². The fourth-order valence-corrected chi connectivity index (χ4v) is 2.65. The topological polar surface area (TPSA) is 32.3 Å². The lowest BCUT2D eigenvalue weighted by Crippen LogP contribution is -2.33. The first-order valence-electron chi connectivity index (χ1n) is 6.54. The number of carbonyl (C=O) groups is 1. The summed E-state index contributed by atoms with van der Waals surface area (Å²) < 4.78 is 26.8. The van der Waals surface area contributed by atoms with Crippen molar-refractivity contribution >= 4 is 5.91 Å². The minimum atomic E-state index is -0.610. The van der Waals surface area contributed by atoms with Crippen molar-refractivity contribution in [1.82, 2.24) is 10.2 Å². The highest BCUT2D eigenvalue weighted by molar-refractivity contribution is 5.81. The van der Waals surface area contributed by atoms with E-state index in [1.165, 1.54) is 12.1 Å². The second kappa shape index (κ2) is 4.56. The van der Waals surface area contributed by atoms with Crippen molar-refractivity contribution < 1.29 is 13.6 Å². The third-order valence-electron chi connectivity index (χ3n) is 4.04. The fraction of sp³-hybridized carbons (Fsp3) is 0.500. The molecule has 19 heavy (non-hydrogen) atoms. The predicted octanol–water partition coefficient (Wildman–Crippen LogP) is 2.05. The maximum absolute atomic E-state index is 13.8. The van der Waals surface area contributed by atoms with E-state index in [-0.39, 0.29) is 12.5 Å². The van der Waals surface area contributed by atoms with Crippen LogP contribution >= 0.6 is 0 Å². The number of amides is 1. The molecule has 0 radical (unpaired) electrons. The molecule has 2 aliphatic rings. The third kappa shape index (κ3) is 2.34. The van der Waals surface area contributed by atoms with Crippen LogP contribution in [0.4, 0.5) is 8.78 Å². The molecule has 3 unspecified atom stereocenters. The molecule has 1 aliphatic carbocycles. The summed E-state index contributed by atoms with van der Waals surface area (Å²) in [5.74, 6) is -0.0937. The van der Waals surface area contributed by atoms with Crippen LogP contribution in [-0.4, -0.2) is 23.9 Å². The van der Waals surface area contributed by atoms with Crippen molar-refractivity contribution in [3.8, 4) is 0 Å². The molecule has 1 heterocycles. The highest BCUT2D eigenvalue weighted by Gasteiger charge is 2.40. The maximum Gasteiger partial charge on any atom is 0.238 e. The first kappa shape index (κ1) is 12.5. The zero-order valence-electron chi connectivity index (χ0n) is 10.7. The summed E-state index contributed by atoms with van der Waals surface area (Å²) in [4.78, 5) is 13.5. The van der Waals surface area contributed by atoms with E-state index in [1.807, 2.05) is 0 Å². The minimum Gasteiger partial charge on any atom is -0.321 e. The number of carbonyl (C=O) groups excluding carboxylic acids is 1. The van der Waals surface area contributed by atoms with E-state index in [1.54, 1.807) is 4.90 Å². The van der Waals surface area contributed by atoms with Crippen molar-refractivity contribution in [3.05, 3.63) is 35.4 Å². The Balaban J connectivity index is 1.83. The van der Waals surface area contributed by atoms with Crippen LogP contribution in [0.5, 0.6) is 0 Å². The average molecular weight is 266 g/mol. The second-order valence-corrected chi connectivity index (χ2v) is 5.47. The molecular formula is C14H16F2N2O. The van der Waals surface area contributed by atoms with Crippen LogP contribution in [0.25, 0.3) is 0 Å². The molecule has 1 amide bonds. The zero-order valence-corrected chi connectivity index (χ0v) is 10.7. The highest BCUT2D eigenvalue weighted by Crippen LogP contribution is 2.40. The van der Waals surface area contributed by atoms with Crippen molar-refractivity contribution in [2.45, 2.75) is 19.5 Å². The zero-order chi connectivity index (χ0) is 13.6. The van der Waals surface area contributed by atoms with Crippen LogP contribution < -0.4 is 5.32 Å². The quantitative estimate of drug-likeness (QED) is 0.908. The third-order valence-corrected chi connectivity index (χ3v) is 4.04. The summed E-state index contributed by atoms with van der Waals surface area (Å²) in [5.41, 5.74) is 0.334. The molecule has 102 valence electrons. The molecule has 1 aromatic rings. The van der Waals surface area contributed by atoms with Gasteiger partial charge in [0.2, 0.25) is 5.91 Å². The van der Waals surface area contributed by atoms with Gasteiger partial charge >= 0.3 is 0 Å². The second-order valence-electron chi connectivity index (χ2n) is 5.47. The van der Waals surface area contributed by atoms with Gasteiger partial charge in [0.05, 0.1) is 6.54 Å². The van der Waals surface area contributed by atoms with Crippen molar-refractivity contribution in [1.29, 1.82) is 0 Å². The van der Waals surface area contributed by atoms with Gasteiger partial charge in [-0.05, 0) is 30.4 Å². The molecule has 0 aromatic heterocycles. The van der Waals surface area contributed by atoms with Crippen molar-refractivity contribution in [3.63, 3.8) is 0 Å². The Labute approximate surface area is 110 Å². The monoisotopic (exact) mass is 266 g/mol. The van der Waals surface area contributed by atoms with Gasteiger partial charge in [-0.3, -0.25) is 10.1 Å². The molecule has 1 aliphatic heterocycles. The molecule has 0 spiro atoms. The molecular weight excluding hydrogens is 250 g/mol. The molecule has 1 N–H and O–H groups in total. The van der Waals surface area contributed by atoms with E-state index in [9.17, 15) is 13.6 Å². The van der Waals surface area contributed by atoms with E-state index < -0.39 is 17.8 Å². The minimum absolute atomic E-state index is 0.0205. The van der Waals surface area contributed by atoms with E-state index in [4.69, 9.17) is 0 Å². The summed E-state index contributed by atoms with van der Waals surface area (Å²) >= 11 is 0. The summed E-state index contributed by atoms with van der Waals surface area (Å²) in [6.45, 7) is 3.00. The Morgan fingerprint density at radius 2 is 2.16 bits per heavy atom. The first-order chi connectivity index (χ1) is 9.06. The lowest BCUT2D eigenvalue weighted by molar-refractivity contribution is -0.128. The molecule has 0 bridgehead atoms. The number of halogens is 2. The SMILES string of the molecule is CC1CC1CN1C(=O)CNC1c1ccc(F)cc1F. The molecule has 3 atom stereocenters. The van der Waals surface area contributed by atoms with Crippen LogP contribution in [0, 0.1) is 23.5 Å². The smallest absolute Gasteiger partial charge is 0.238 e. The average Bonchev–Trinajstić information content (AvgIpc) is 2.93. The standard InChI is InChI=1S/C14H16F2N2O/c1-8-4-9(8)7-18-13(19)6-17-14(18)11-3-2-10(15)5-12(11)16/h2-3,5,8-9,14,17H,4,6-7H2,1H3. The number of nitrogens with zero attached hydrogens (tertiary/aromatic N) is 1. The number of benzene rings is 1. The van der Waals surface area contributed by atoms with Crippen LogP contribution in [0.1, 0.15) is 25.1 Å². The van der Waals surface area contributed by atoms with E-state index in [0.29, 0.717) is 23.9 Å². The van der Waals surface area contributed by atoms with Gasteiger partial charge in [0.1, 0.15) is 17.8 Å². The number of hydrogen-bond donors (Lipinski definition) is 1. The number of nitrogens with one attached hydrogen (secondary N) is 1. The van der Waals surface area contributed by atoms with E-state index in [2.05, 4.69) is 12.2 Å². The Kier molecular flexibility index (Phi) is 3.01. The van der Waals surface area contributed by atoms with Gasteiger partial charge in [-0.2, -0.15) is 0 Å². The molecule has 1 aromatic carbocycles. The molecule has 3 nitrogen and oxygen atoms in total. The molecule has 2 fully saturated rings. The predicted molar refractivity (Wildman–Crippen MR) is 66.1 cm³/mol. The normalized spacial score (nSPS) is 29.9. The van der Waals surface area contributed by atoms with E-state index in [0.717, 1.165) is 12.5 Å². The summed E-state index contributed by atoms with van der Waals surface area (Å²) in [6, 6.07) is 3.49. The van der Waals surface area contributed by atoms with Gasteiger partial charge in [-0.15, -0.1) is 0 Å².